The van der Waals surface area contributed by atoms with Gasteiger partial charge in [0.25, 0.3) is 0 Å². The Morgan fingerprint density at radius 1 is 0.305 bits per heavy atom. The Kier molecular flexibility index (Phi) is 7.54. The zero-order valence-electron chi connectivity index (χ0n) is 32.1. The quantitative estimate of drug-likeness (QED) is 0.158. The van der Waals surface area contributed by atoms with Crippen LogP contribution in [0.4, 0.5) is 17.1 Å². The van der Waals surface area contributed by atoms with E-state index >= 15 is 0 Å². The molecule has 3 nitrogen and oxygen atoms in total. The monoisotopic (exact) mass is 752 g/mol. The largest absolute Gasteiger partial charge is 0.456 e. The smallest absolute Gasteiger partial charge is 0.137 e. The van der Waals surface area contributed by atoms with Crippen molar-refractivity contribution in [3.63, 3.8) is 0 Å². The number of rotatable bonds is 6. The molecule has 10 aromatic carbocycles. The molecule has 2 aromatic heterocycles. The Bertz CT molecular complexity index is 3530. The van der Waals surface area contributed by atoms with Crippen molar-refractivity contribution in [1.82, 2.24) is 4.57 Å². The van der Waals surface area contributed by atoms with Gasteiger partial charge in [0.2, 0.25) is 0 Å². The number of hydrogen-bond donors (Lipinski definition) is 0. The number of fused-ring (bicyclic) bond motifs is 9. The second-order valence-corrected chi connectivity index (χ2v) is 15.4. The van der Waals surface area contributed by atoms with Gasteiger partial charge in [0, 0.05) is 50.4 Å². The summed E-state index contributed by atoms with van der Waals surface area (Å²) in [5.41, 5.74) is 13.3. The van der Waals surface area contributed by atoms with E-state index in [1.54, 1.807) is 0 Å². The maximum Gasteiger partial charge on any atom is 0.137 e. The van der Waals surface area contributed by atoms with Crippen LogP contribution in [-0.2, 0) is 0 Å². The molecule has 2 heterocycles. The second-order valence-electron chi connectivity index (χ2n) is 15.4. The molecule has 0 spiro atoms. The average molecular weight is 753 g/mol. The van der Waals surface area contributed by atoms with E-state index in [1.807, 2.05) is 12.1 Å². The molecule has 0 amide bonds. The predicted octanol–water partition coefficient (Wildman–Crippen LogP) is 15.8. The van der Waals surface area contributed by atoms with Crippen LogP contribution in [0.15, 0.2) is 223 Å². The minimum Gasteiger partial charge on any atom is -0.456 e. The van der Waals surface area contributed by atoms with Crippen molar-refractivity contribution >= 4 is 82.4 Å². The van der Waals surface area contributed by atoms with Crippen LogP contribution in [0, 0.1) is 0 Å². The molecule has 3 heteroatoms. The lowest BCUT2D eigenvalue weighted by atomic mass is 9.96. The van der Waals surface area contributed by atoms with Crippen molar-refractivity contribution in [2.75, 3.05) is 4.90 Å². The minimum atomic E-state index is 0.872. The van der Waals surface area contributed by atoms with Crippen molar-refractivity contribution in [2.24, 2.45) is 0 Å². The first-order valence-electron chi connectivity index (χ1n) is 20.2. The molecule has 0 aliphatic heterocycles. The van der Waals surface area contributed by atoms with Crippen molar-refractivity contribution in [3.8, 4) is 27.9 Å². The van der Waals surface area contributed by atoms with E-state index in [2.05, 4.69) is 216 Å². The third kappa shape index (κ3) is 5.51. The molecular formula is C56H36N2O. The molecule has 0 saturated heterocycles. The molecule has 0 fully saturated rings. The summed E-state index contributed by atoms with van der Waals surface area (Å²) in [4.78, 5) is 2.31. The average Bonchev–Trinajstić information content (AvgIpc) is 3.84. The molecular weight excluding hydrogens is 717 g/mol. The summed E-state index contributed by atoms with van der Waals surface area (Å²) in [5.74, 6) is 0. The number of anilines is 3. The van der Waals surface area contributed by atoms with E-state index in [1.165, 1.54) is 71.3 Å². The van der Waals surface area contributed by atoms with Crippen molar-refractivity contribution < 1.29 is 4.42 Å². The number of benzene rings is 10. The minimum absolute atomic E-state index is 0.872. The third-order valence-corrected chi connectivity index (χ3v) is 12.0. The van der Waals surface area contributed by atoms with Crippen LogP contribution in [-0.4, -0.2) is 4.57 Å². The molecule has 0 unspecified atom stereocenters. The second kappa shape index (κ2) is 13.4. The molecule has 276 valence electrons. The first-order valence-corrected chi connectivity index (χ1v) is 20.2. The van der Waals surface area contributed by atoms with E-state index < -0.39 is 0 Å². The van der Waals surface area contributed by atoms with Gasteiger partial charge in [-0.3, -0.25) is 0 Å². The fourth-order valence-electron chi connectivity index (χ4n) is 9.10. The van der Waals surface area contributed by atoms with Gasteiger partial charge >= 0.3 is 0 Å². The first kappa shape index (κ1) is 33.3. The zero-order valence-corrected chi connectivity index (χ0v) is 32.1. The fourth-order valence-corrected chi connectivity index (χ4v) is 9.10. The highest BCUT2D eigenvalue weighted by Gasteiger charge is 2.17. The van der Waals surface area contributed by atoms with Crippen LogP contribution in [0.5, 0.6) is 0 Å². The Morgan fingerprint density at radius 2 is 0.864 bits per heavy atom. The van der Waals surface area contributed by atoms with Crippen molar-refractivity contribution in [1.29, 1.82) is 0 Å². The Hall–Kier alpha value is -7.88. The Balaban J connectivity index is 0.941. The van der Waals surface area contributed by atoms with Crippen LogP contribution in [0.3, 0.4) is 0 Å². The number of hydrogen-bond acceptors (Lipinski definition) is 2. The SMILES string of the molecule is c1ccc(-c2ccc(N(c3ccc(-c4ccc5c(ccc6cc7c8ccccc8n(-c8ccccc8)c7cc65)c4)cc3)c3ccc4c(c3)oc3ccccc34)cc2)cc1. The van der Waals surface area contributed by atoms with Crippen LogP contribution < -0.4 is 4.90 Å². The summed E-state index contributed by atoms with van der Waals surface area (Å²) in [5, 5.41) is 9.76. The lowest BCUT2D eigenvalue weighted by Crippen LogP contribution is -2.09. The molecule has 0 aliphatic rings. The van der Waals surface area contributed by atoms with Crippen LogP contribution in [0.25, 0.3) is 93.2 Å². The van der Waals surface area contributed by atoms with Crippen molar-refractivity contribution in [2.45, 2.75) is 0 Å². The summed E-state index contributed by atoms with van der Waals surface area (Å²) in [6, 6.07) is 78.7. The maximum atomic E-state index is 6.36. The molecule has 0 atom stereocenters. The van der Waals surface area contributed by atoms with Gasteiger partial charge in [0.1, 0.15) is 11.2 Å². The number of furan rings is 1. The van der Waals surface area contributed by atoms with E-state index in [4.69, 9.17) is 4.42 Å². The van der Waals surface area contributed by atoms with E-state index in [0.717, 1.165) is 39.0 Å². The zero-order chi connectivity index (χ0) is 38.9. The Morgan fingerprint density at radius 3 is 1.63 bits per heavy atom. The number of nitrogens with zero attached hydrogens (tertiary/aromatic N) is 2. The molecule has 12 rings (SSSR count). The van der Waals surface area contributed by atoms with E-state index in [-0.39, 0.29) is 0 Å². The number of aromatic nitrogens is 1. The molecule has 12 aromatic rings. The summed E-state index contributed by atoms with van der Waals surface area (Å²) >= 11 is 0. The van der Waals surface area contributed by atoms with Crippen molar-refractivity contribution in [3.05, 3.63) is 218 Å². The number of para-hydroxylation sites is 3. The lowest BCUT2D eigenvalue weighted by Gasteiger charge is -2.26. The molecule has 59 heavy (non-hydrogen) atoms. The van der Waals surface area contributed by atoms with Gasteiger partial charge in [-0.1, -0.05) is 133 Å². The van der Waals surface area contributed by atoms with Gasteiger partial charge < -0.3 is 13.9 Å². The van der Waals surface area contributed by atoms with Gasteiger partial charge in [0.15, 0.2) is 0 Å². The molecule has 0 bridgehead atoms. The summed E-state index contributed by atoms with van der Waals surface area (Å²) in [6.07, 6.45) is 0. The van der Waals surface area contributed by atoms with E-state index in [9.17, 15) is 0 Å². The highest BCUT2D eigenvalue weighted by molar-refractivity contribution is 6.18. The molecule has 0 radical (unpaired) electrons. The topological polar surface area (TPSA) is 21.3 Å². The third-order valence-electron chi connectivity index (χ3n) is 12.0. The van der Waals surface area contributed by atoms with Crippen LogP contribution >= 0.6 is 0 Å². The summed E-state index contributed by atoms with van der Waals surface area (Å²) in [6.45, 7) is 0. The fraction of sp³-hybridized carbons (Fsp3) is 0. The van der Waals surface area contributed by atoms with Crippen LogP contribution in [0.2, 0.25) is 0 Å². The maximum absolute atomic E-state index is 6.36. The molecule has 0 saturated carbocycles. The van der Waals surface area contributed by atoms with Gasteiger partial charge in [-0.2, -0.15) is 0 Å². The molecule has 0 aliphatic carbocycles. The predicted molar refractivity (Wildman–Crippen MR) is 249 cm³/mol. The highest BCUT2D eigenvalue weighted by atomic mass is 16.3. The van der Waals surface area contributed by atoms with Gasteiger partial charge in [-0.25, -0.2) is 0 Å². The van der Waals surface area contributed by atoms with Crippen LogP contribution in [0.1, 0.15) is 0 Å². The van der Waals surface area contributed by atoms with Gasteiger partial charge in [0.05, 0.1) is 11.0 Å². The summed E-state index contributed by atoms with van der Waals surface area (Å²) in [7, 11) is 0. The van der Waals surface area contributed by atoms with E-state index in [0.29, 0.717) is 0 Å². The first-order chi connectivity index (χ1) is 29.2. The summed E-state index contributed by atoms with van der Waals surface area (Å²) < 4.78 is 8.76. The lowest BCUT2D eigenvalue weighted by molar-refractivity contribution is 0.669. The standard InChI is InChI=1S/C56H36N2O/c1-3-11-37(12-4-1)38-21-26-44(27-22-38)57(46-30-32-50-49-16-8-10-18-55(49)59-56(50)35-46)45-28-23-39(24-29-45)40-25-31-47-41(33-40)19-20-42-34-52-48-15-7-9-17-53(48)58(54(52)36-51(42)47)43-13-5-2-6-14-43/h1-36H. The normalized spacial score (nSPS) is 11.7. The Labute approximate surface area is 341 Å². The highest BCUT2D eigenvalue weighted by Crippen LogP contribution is 2.41. The van der Waals surface area contributed by atoms with Gasteiger partial charge in [-0.05, 0) is 123 Å². The van der Waals surface area contributed by atoms with Gasteiger partial charge in [-0.15, -0.1) is 0 Å². The molecule has 0 N–H and O–H groups in total.